The maximum atomic E-state index is 11.3. The van der Waals surface area contributed by atoms with E-state index in [-0.39, 0.29) is 17.2 Å². The Bertz CT molecular complexity index is 468. The third kappa shape index (κ3) is 2.26. The van der Waals surface area contributed by atoms with E-state index in [1.807, 2.05) is 20.8 Å². The van der Waals surface area contributed by atoms with E-state index >= 15 is 0 Å². The first-order chi connectivity index (χ1) is 8.32. The first kappa shape index (κ1) is 13.4. The van der Waals surface area contributed by atoms with Crippen molar-refractivity contribution in [3.05, 3.63) is 16.4 Å². The molecular formula is C13H19ClN2O2. The number of aromatic nitrogens is 2. The monoisotopic (exact) mass is 270 g/mol. The molecule has 1 aliphatic carbocycles. The second-order valence-electron chi connectivity index (χ2n) is 5.95. The van der Waals surface area contributed by atoms with Gasteiger partial charge in [-0.25, -0.2) is 9.48 Å². The Morgan fingerprint density at radius 2 is 1.94 bits per heavy atom. The molecule has 4 nitrogen and oxygen atoms in total. The van der Waals surface area contributed by atoms with Crippen LogP contribution in [-0.2, 0) is 5.41 Å². The summed E-state index contributed by atoms with van der Waals surface area (Å²) >= 11 is 6.38. The highest BCUT2D eigenvalue weighted by atomic mass is 35.5. The molecule has 1 saturated carbocycles. The van der Waals surface area contributed by atoms with Gasteiger partial charge in [-0.15, -0.1) is 0 Å². The Morgan fingerprint density at radius 1 is 1.39 bits per heavy atom. The molecule has 2 rings (SSSR count). The molecule has 1 N–H and O–H groups in total. The van der Waals surface area contributed by atoms with Gasteiger partial charge in [0.15, 0.2) is 5.69 Å². The second-order valence-corrected chi connectivity index (χ2v) is 6.31. The van der Waals surface area contributed by atoms with Crippen LogP contribution in [-0.4, -0.2) is 20.9 Å². The number of aromatic carboxylic acids is 1. The lowest BCUT2D eigenvalue weighted by molar-refractivity contribution is 0.0686. The van der Waals surface area contributed by atoms with Crippen molar-refractivity contribution in [2.45, 2.75) is 57.9 Å². The second kappa shape index (κ2) is 4.57. The van der Waals surface area contributed by atoms with Gasteiger partial charge in [-0.1, -0.05) is 45.2 Å². The van der Waals surface area contributed by atoms with E-state index < -0.39 is 5.97 Å². The van der Waals surface area contributed by atoms with Crippen molar-refractivity contribution in [3.63, 3.8) is 0 Å². The SMILES string of the molecule is CC(C)(C)c1c(C(=O)O)nn(C2CCCC2)c1Cl. The van der Waals surface area contributed by atoms with Crippen LogP contribution in [0.2, 0.25) is 5.15 Å². The fraction of sp³-hybridized carbons (Fsp3) is 0.692. The Morgan fingerprint density at radius 3 is 2.33 bits per heavy atom. The summed E-state index contributed by atoms with van der Waals surface area (Å²) in [7, 11) is 0. The molecular weight excluding hydrogens is 252 g/mol. The number of carbonyl (C=O) groups is 1. The van der Waals surface area contributed by atoms with E-state index in [0.29, 0.717) is 10.7 Å². The number of hydrogen-bond acceptors (Lipinski definition) is 2. The van der Waals surface area contributed by atoms with Crippen molar-refractivity contribution in [2.24, 2.45) is 0 Å². The zero-order valence-electron chi connectivity index (χ0n) is 11.0. The summed E-state index contributed by atoms with van der Waals surface area (Å²) in [5, 5.41) is 14.0. The Hall–Kier alpha value is -1.03. The molecule has 100 valence electrons. The molecule has 0 saturated heterocycles. The van der Waals surface area contributed by atoms with Crippen molar-refractivity contribution in [2.75, 3.05) is 0 Å². The van der Waals surface area contributed by atoms with Gasteiger partial charge >= 0.3 is 5.97 Å². The molecule has 1 aromatic heterocycles. The van der Waals surface area contributed by atoms with Gasteiger partial charge in [0.25, 0.3) is 0 Å². The average Bonchev–Trinajstić information content (AvgIpc) is 2.81. The molecule has 1 fully saturated rings. The maximum Gasteiger partial charge on any atom is 0.356 e. The van der Waals surface area contributed by atoms with Crippen LogP contribution in [0.3, 0.4) is 0 Å². The highest BCUT2D eigenvalue weighted by Gasteiger charge is 2.32. The molecule has 0 spiro atoms. The smallest absolute Gasteiger partial charge is 0.356 e. The van der Waals surface area contributed by atoms with Gasteiger partial charge in [0.1, 0.15) is 5.15 Å². The summed E-state index contributed by atoms with van der Waals surface area (Å²) in [4.78, 5) is 11.3. The van der Waals surface area contributed by atoms with Crippen LogP contribution in [0, 0.1) is 0 Å². The predicted molar refractivity (Wildman–Crippen MR) is 70.4 cm³/mol. The highest BCUT2D eigenvalue weighted by molar-refractivity contribution is 6.31. The van der Waals surface area contributed by atoms with Crippen molar-refractivity contribution >= 4 is 17.6 Å². The van der Waals surface area contributed by atoms with Gasteiger partial charge in [-0.05, 0) is 18.3 Å². The summed E-state index contributed by atoms with van der Waals surface area (Å²) < 4.78 is 1.72. The molecule has 0 amide bonds. The van der Waals surface area contributed by atoms with E-state index in [0.717, 1.165) is 25.7 Å². The molecule has 0 bridgehead atoms. The summed E-state index contributed by atoms with van der Waals surface area (Å²) in [5.74, 6) is -1.00. The van der Waals surface area contributed by atoms with Crippen molar-refractivity contribution in [3.8, 4) is 0 Å². The van der Waals surface area contributed by atoms with Gasteiger partial charge in [-0.2, -0.15) is 5.10 Å². The van der Waals surface area contributed by atoms with Crippen LogP contribution in [0.25, 0.3) is 0 Å². The zero-order valence-corrected chi connectivity index (χ0v) is 11.8. The molecule has 0 aliphatic heterocycles. The summed E-state index contributed by atoms with van der Waals surface area (Å²) in [6, 6.07) is 0.256. The molecule has 0 radical (unpaired) electrons. The van der Waals surface area contributed by atoms with E-state index in [4.69, 9.17) is 11.6 Å². The molecule has 0 aromatic carbocycles. The van der Waals surface area contributed by atoms with E-state index in [2.05, 4.69) is 5.10 Å². The molecule has 1 aromatic rings. The molecule has 18 heavy (non-hydrogen) atoms. The van der Waals surface area contributed by atoms with Crippen LogP contribution in [0.1, 0.15) is 68.5 Å². The predicted octanol–water partition coefficient (Wildman–Crippen LogP) is 3.65. The number of nitrogens with zero attached hydrogens (tertiary/aromatic N) is 2. The first-order valence-corrected chi connectivity index (χ1v) is 6.72. The van der Waals surface area contributed by atoms with Gasteiger partial charge in [0.05, 0.1) is 6.04 Å². The number of halogens is 1. The Kier molecular flexibility index (Phi) is 3.41. The topological polar surface area (TPSA) is 55.1 Å². The van der Waals surface area contributed by atoms with E-state index in [1.165, 1.54) is 0 Å². The number of hydrogen-bond donors (Lipinski definition) is 1. The average molecular weight is 271 g/mol. The standard InChI is InChI=1S/C13H19ClN2O2/c1-13(2,3)9-10(12(17)18)15-16(11(9)14)8-6-4-5-7-8/h8H,4-7H2,1-3H3,(H,17,18). The van der Waals surface area contributed by atoms with Crippen molar-refractivity contribution < 1.29 is 9.90 Å². The molecule has 0 unspecified atom stereocenters. The van der Waals surface area contributed by atoms with Crippen LogP contribution in [0.5, 0.6) is 0 Å². The summed E-state index contributed by atoms with van der Waals surface area (Å²) in [6.45, 7) is 5.88. The van der Waals surface area contributed by atoms with E-state index in [9.17, 15) is 9.90 Å². The van der Waals surface area contributed by atoms with Crippen LogP contribution >= 0.6 is 11.6 Å². The highest BCUT2D eigenvalue weighted by Crippen LogP contribution is 2.38. The van der Waals surface area contributed by atoms with Crippen LogP contribution < -0.4 is 0 Å². The minimum absolute atomic E-state index is 0.0967. The lowest BCUT2D eigenvalue weighted by atomic mass is 9.87. The lowest BCUT2D eigenvalue weighted by Crippen LogP contribution is -2.16. The first-order valence-electron chi connectivity index (χ1n) is 6.34. The normalized spacial score (nSPS) is 17.3. The zero-order chi connectivity index (χ0) is 13.5. The molecule has 1 aliphatic rings. The number of carboxylic acids is 1. The third-order valence-corrected chi connectivity index (χ3v) is 3.84. The van der Waals surface area contributed by atoms with Crippen molar-refractivity contribution in [1.29, 1.82) is 0 Å². The number of rotatable bonds is 2. The molecule has 5 heteroatoms. The van der Waals surface area contributed by atoms with Crippen LogP contribution in [0.4, 0.5) is 0 Å². The fourth-order valence-electron chi connectivity index (χ4n) is 2.62. The van der Waals surface area contributed by atoms with Crippen LogP contribution in [0.15, 0.2) is 0 Å². The molecule has 0 atom stereocenters. The van der Waals surface area contributed by atoms with Gasteiger partial charge < -0.3 is 5.11 Å². The van der Waals surface area contributed by atoms with E-state index in [1.54, 1.807) is 4.68 Å². The lowest BCUT2D eigenvalue weighted by Gasteiger charge is -2.19. The van der Waals surface area contributed by atoms with Crippen molar-refractivity contribution in [1.82, 2.24) is 9.78 Å². The quantitative estimate of drug-likeness (QED) is 0.892. The number of carboxylic acid groups (broad SMARTS) is 1. The Labute approximate surface area is 112 Å². The minimum Gasteiger partial charge on any atom is -0.476 e. The Balaban J connectivity index is 2.54. The molecule has 1 heterocycles. The minimum atomic E-state index is -1.00. The third-order valence-electron chi connectivity index (χ3n) is 3.48. The van der Waals surface area contributed by atoms with Gasteiger partial charge in [-0.3, -0.25) is 0 Å². The largest absolute Gasteiger partial charge is 0.476 e. The summed E-state index contributed by atoms with van der Waals surface area (Å²) in [5.41, 5.74) is 0.421. The van der Waals surface area contributed by atoms with Gasteiger partial charge in [0.2, 0.25) is 0 Å². The van der Waals surface area contributed by atoms with Gasteiger partial charge in [0, 0.05) is 5.56 Å². The maximum absolute atomic E-state index is 11.3. The fourth-order valence-corrected chi connectivity index (χ4v) is 3.17. The summed E-state index contributed by atoms with van der Waals surface area (Å²) in [6.07, 6.45) is 4.39.